The van der Waals surface area contributed by atoms with Gasteiger partial charge in [-0.1, -0.05) is 18.2 Å². The lowest BCUT2D eigenvalue weighted by Crippen LogP contribution is -2.36. The van der Waals surface area contributed by atoms with E-state index >= 15 is 0 Å². The fraction of sp³-hybridized carbons (Fsp3) is 0.385. The van der Waals surface area contributed by atoms with Crippen molar-refractivity contribution in [1.82, 2.24) is 0 Å². The highest BCUT2D eigenvalue weighted by Gasteiger charge is 2.08. The molecule has 0 fully saturated rings. The summed E-state index contributed by atoms with van der Waals surface area (Å²) < 4.78 is 0.844. The van der Waals surface area contributed by atoms with Crippen LogP contribution >= 0.6 is 0 Å². The molecular formula is C13H19NO5. The molecule has 2 N–H and O–H groups in total. The summed E-state index contributed by atoms with van der Waals surface area (Å²) in [5.74, 6) is -2.75. The molecule has 0 aromatic heterocycles. The van der Waals surface area contributed by atoms with Gasteiger partial charge in [0.1, 0.15) is 6.54 Å². The van der Waals surface area contributed by atoms with Crippen molar-refractivity contribution in [2.45, 2.75) is 0 Å². The molecule has 0 spiro atoms. The van der Waals surface area contributed by atoms with E-state index in [0.717, 1.165) is 11.0 Å². The number of hydrogen-bond acceptors (Lipinski definition) is 4. The number of quaternary nitrogens is 1. The van der Waals surface area contributed by atoms with Gasteiger partial charge < -0.3 is 24.6 Å². The second-order valence-corrected chi connectivity index (χ2v) is 4.88. The molecule has 1 aromatic rings. The first-order valence-corrected chi connectivity index (χ1v) is 5.64. The molecule has 0 saturated heterocycles. The standard InChI is InChI=1S/C8H6O4.C5H14NO/c9-7(10)5-3-1-2-4-6(5)8(11)12;1-6(2,3)4-5-7/h1-4H,(H,9,10)(H,11,12);7H,4-5H2,1-3H3/q;+1/p-1. The number of carboxylic acids is 2. The topological polar surface area (TPSA) is 97.7 Å². The van der Waals surface area contributed by atoms with E-state index < -0.39 is 11.9 Å². The van der Waals surface area contributed by atoms with Crippen molar-refractivity contribution in [2.24, 2.45) is 0 Å². The Morgan fingerprint density at radius 2 is 1.63 bits per heavy atom. The highest BCUT2D eigenvalue weighted by molar-refractivity contribution is 6.00. The highest BCUT2D eigenvalue weighted by atomic mass is 16.4. The van der Waals surface area contributed by atoms with Crippen LogP contribution in [0.5, 0.6) is 0 Å². The Morgan fingerprint density at radius 3 is 1.84 bits per heavy atom. The van der Waals surface area contributed by atoms with E-state index in [1.54, 1.807) is 0 Å². The van der Waals surface area contributed by atoms with Gasteiger partial charge in [-0.15, -0.1) is 0 Å². The third-order valence-electron chi connectivity index (χ3n) is 2.15. The molecule has 0 atom stereocenters. The Morgan fingerprint density at radius 1 is 1.16 bits per heavy atom. The number of aromatic carboxylic acids is 2. The summed E-state index contributed by atoms with van der Waals surface area (Å²) in [5, 5.41) is 27.3. The van der Waals surface area contributed by atoms with Crippen molar-refractivity contribution in [3.8, 4) is 0 Å². The molecule has 0 heterocycles. The van der Waals surface area contributed by atoms with Crippen LogP contribution < -0.4 is 5.11 Å². The van der Waals surface area contributed by atoms with Crippen molar-refractivity contribution in [3.05, 3.63) is 35.4 Å². The normalized spacial score (nSPS) is 10.3. The molecule has 0 amide bonds. The third kappa shape index (κ3) is 7.17. The van der Waals surface area contributed by atoms with Gasteiger partial charge in [-0.2, -0.15) is 0 Å². The largest absolute Gasteiger partial charge is 0.545 e. The minimum Gasteiger partial charge on any atom is -0.545 e. The summed E-state index contributed by atoms with van der Waals surface area (Å²) in [6, 6.07) is 5.31. The van der Waals surface area contributed by atoms with E-state index in [4.69, 9.17) is 10.2 Å². The first-order valence-electron chi connectivity index (χ1n) is 5.64. The van der Waals surface area contributed by atoms with Crippen LogP contribution in [0.4, 0.5) is 0 Å². The number of aliphatic hydroxyl groups is 1. The van der Waals surface area contributed by atoms with Crippen LogP contribution in [0.3, 0.4) is 0 Å². The Kier molecular flexibility index (Phi) is 6.74. The van der Waals surface area contributed by atoms with Gasteiger partial charge in [0.05, 0.1) is 39.3 Å². The first-order chi connectivity index (χ1) is 8.69. The molecule has 1 aromatic carbocycles. The van der Waals surface area contributed by atoms with E-state index in [1.807, 2.05) is 0 Å². The maximum absolute atomic E-state index is 10.4. The average Bonchev–Trinajstić information content (AvgIpc) is 2.28. The Balaban J connectivity index is 0.000000399. The van der Waals surface area contributed by atoms with Gasteiger partial charge in [0.15, 0.2) is 0 Å². The van der Waals surface area contributed by atoms with Crippen molar-refractivity contribution < 1.29 is 29.4 Å². The summed E-state index contributed by atoms with van der Waals surface area (Å²) in [6.45, 7) is 1.11. The lowest BCUT2D eigenvalue weighted by Gasteiger charge is -2.21. The van der Waals surface area contributed by atoms with Crippen molar-refractivity contribution >= 4 is 11.9 Å². The Labute approximate surface area is 112 Å². The zero-order valence-corrected chi connectivity index (χ0v) is 11.3. The minimum absolute atomic E-state index is 0.252. The molecule has 0 aliphatic rings. The number of rotatable bonds is 4. The molecular weight excluding hydrogens is 250 g/mol. The molecule has 106 valence electrons. The number of likely N-dealkylation sites (N-methyl/N-ethyl adjacent to an activating group) is 1. The molecule has 0 aliphatic heterocycles. The zero-order chi connectivity index (χ0) is 15.1. The van der Waals surface area contributed by atoms with E-state index in [1.165, 1.54) is 24.3 Å². The average molecular weight is 269 g/mol. The van der Waals surface area contributed by atoms with Crippen LogP contribution in [-0.4, -0.2) is 60.9 Å². The lowest BCUT2D eigenvalue weighted by molar-refractivity contribution is -0.870. The van der Waals surface area contributed by atoms with Gasteiger partial charge in [0, 0.05) is 5.56 Å². The molecule has 19 heavy (non-hydrogen) atoms. The number of carbonyl (C=O) groups excluding carboxylic acids is 1. The van der Waals surface area contributed by atoms with Crippen LogP contribution in [-0.2, 0) is 0 Å². The number of carboxylic acid groups (broad SMARTS) is 2. The van der Waals surface area contributed by atoms with E-state index in [0.29, 0.717) is 0 Å². The lowest BCUT2D eigenvalue weighted by atomic mass is 10.1. The van der Waals surface area contributed by atoms with Crippen molar-refractivity contribution in [3.63, 3.8) is 0 Å². The number of hydrogen-bond donors (Lipinski definition) is 2. The number of nitrogens with zero attached hydrogens (tertiary/aromatic N) is 1. The Bertz CT molecular complexity index is 404. The van der Waals surface area contributed by atoms with E-state index in [9.17, 15) is 14.7 Å². The maximum atomic E-state index is 10.4. The van der Waals surface area contributed by atoms with Gasteiger partial charge in [-0.3, -0.25) is 0 Å². The molecule has 0 aliphatic carbocycles. The smallest absolute Gasteiger partial charge is 0.336 e. The van der Waals surface area contributed by atoms with E-state index in [-0.39, 0.29) is 17.7 Å². The van der Waals surface area contributed by atoms with Crippen LogP contribution in [0.15, 0.2) is 24.3 Å². The summed E-state index contributed by atoms with van der Waals surface area (Å²) in [6.07, 6.45) is 0. The van der Waals surface area contributed by atoms with Gasteiger partial charge in [-0.05, 0) is 6.07 Å². The SMILES string of the molecule is C[N+](C)(C)CCO.O=C([O-])c1ccccc1C(=O)O. The quantitative estimate of drug-likeness (QED) is 0.714. The predicted octanol–water partition coefficient (Wildman–Crippen LogP) is -0.567. The molecule has 1 rings (SSSR count). The highest BCUT2D eigenvalue weighted by Crippen LogP contribution is 2.06. The van der Waals surface area contributed by atoms with Crippen LogP contribution in [0.2, 0.25) is 0 Å². The Hall–Kier alpha value is -1.92. The number of carbonyl (C=O) groups is 2. The maximum Gasteiger partial charge on any atom is 0.336 e. The third-order valence-corrected chi connectivity index (χ3v) is 2.15. The monoisotopic (exact) mass is 269 g/mol. The summed E-state index contributed by atoms with van der Waals surface area (Å²) in [4.78, 5) is 20.8. The zero-order valence-electron chi connectivity index (χ0n) is 11.3. The molecule has 0 radical (unpaired) electrons. The van der Waals surface area contributed by atoms with Gasteiger partial charge in [-0.25, -0.2) is 4.79 Å². The fourth-order valence-electron chi connectivity index (χ4n) is 1.15. The predicted molar refractivity (Wildman–Crippen MR) is 67.7 cm³/mol. The van der Waals surface area contributed by atoms with Gasteiger partial charge >= 0.3 is 5.97 Å². The van der Waals surface area contributed by atoms with Crippen molar-refractivity contribution in [1.29, 1.82) is 0 Å². The summed E-state index contributed by atoms with van der Waals surface area (Å²) in [7, 11) is 6.16. The summed E-state index contributed by atoms with van der Waals surface area (Å²) >= 11 is 0. The van der Waals surface area contributed by atoms with Crippen molar-refractivity contribution in [2.75, 3.05) is 34.3 Å². The summed E-state index contributed by atoms with van der Waals surface area (Å²) in [5.41, 5.74) is -0.553. The van der Waals surface area contributed by atoms with Gasteiger partial charge in [0.25, 0.3) is 0 Å². The first kappa shape index (κ1) is 17.1. The van der Waals surface area contributed by atoms with Crippen LogP contribution in [0.1, 0.15) is 20.7 Å². The van der Waals surface area contributed by atoms with Gasteiger partial charge in [0.2, 0.25) is 0 Å². The second kappa shape index (κ2) is 7.50. The fourth-order valence-corrected chi connectivity index (χ4v) is 1.15. The number of aliphatic hydroxyl groups excluding tert-OH is 1. The molecule has 6 heteroatoms. The number of benzene rings is 1. The minimum atomic E-state index is -1.48. The van der Waals surface area contributed by atoms with Crippen LogP contribution in [0, 0.1) is 0 Å². The molecule has 6 nitrogen and oxygen atoms in total. The molecule has 0 unspecified atom stereocenters. The van der Waals surface area contributed by atoms with E-state index in [2.05, 4.69) is 21.1 Å². The molecule has 0 saturated carbocycles. The second-order valence-electron chi connectivity index (χ2n) is 4.88. The molecule has 0 bridgehead atoms. The van der Waals surface area contributed by atoms with Crippen LogP contribution in [0.25, 0.3) is 0 Å².